The lowest BCUT2D eigenvalue weighted by Gasteiger charge is -2.37. The maximum Gasteiger partial charge on any atom is 0.250 e. The van der Waals surface area contributed by atoms with Crippen molar-refractivity contribution >= 4 is 29.1 Å². The van der Waals surface area contributed by atoms with Gasteiger partial charge in [-0.3, -0.25) is 14.4 Å². The summed E-state index contributed by atoms with van der Waals surface area (Å²) in [6.07, 6.45) is 1.18. The van der Waals surface area contributed by atoms with Gasteiger partial charge in [-0.2, -0.15) is 0 Å². The van der Waals surface area contributed by atoms with Crippen molar-refractivity contribution in [3.8, 4) is 0 Å². The van der Waals surface area contributed by atoms with Crippen molar-refractivity contribution in [3.63, 3.8) is 0 Å². The van der Waals surface area contributed by atoms with Gasteiger partial charge in [0.2, 0.25) is 17.7 Å². The number of ether oxygens (including phenoxy) is 1. The Balaban J connectivity index is 1.52. The van der Waals surface area contributed by atoms with Crippen LogP contribution in [0.2, 0.25) is 0 Å². The van der Waals surface area contributed by atoms with Crippen molar-refractivity contribution in [3.05, 3.63) is 59.7 Å². The second kappa shape index (κ2) is 10.2. The maximum absolute atomic E-state index is 14.2. The van der Waals surface area contributed by atoms with E-state index in [1.807, 2.05) is 64.1 Å². The van der Waals surface area contributed by atoms with E-state index in [1.54, 1.807) is 12.1 Å². The molecule has 3 N–H and O–H groups in total. The van der Waals surface area contributed by atoms with Gasteiger partial charge < -0.3 is 25.4 Å². The predicted molar refractivity (Wildman–Crippen MR) is 144 cm³/mol. The van der Waals surface area contributed by atoms with E-state index in [0.29, 0.717) is 30.6 Å². The normalized spacial score (nSPS) is 28.5. The van der Waals surface area contributed by atoms with Crippen LogP contribution in [0, 0.1) is 31.6 Å². The third-order valence-electron chi connectivity index (χ3n) is 8.33. The summed E-state index contributed by atoms with van der Waals surface area (Å²) in [6.45, 7) is 7.64. The summed E-state index contributed by atoms with van der Waals surface area (Å²) in [6, 6.07) is 13.5. The van der Waals surface area contributed by atoms with E-state index in [-0.39, 0.29) is 30.2 Å². The van der Waals surface area contributed by atoms with Gasteiger partial charge in [0.1, 0.15) is 11.6 Å². The number of aryl methyl sites for hydroxylation is 2. The Kier molecular flexibility index (Phi) is 7.05. The molecule has 2 aromatic rings. The molecular formula is C30H37N3O5. The van der Waals surface area contributed by atoms with Gasteiger partial charge in [0.05, 0.1) is 30.6 Å². The molecule has 0 aromatic heterocycles. The van der Waals surface area contributed by atoms with Gasteiger partial charge in [-0.05, 0) is 68.4 Å². The lowest BCUT2D eigenvalue weighted by atomic mass is 9.70. The van der Waals surface area contributed by atoms with Crippen LogP contribution in [0.3, 0.4) is 0 Å². The molecule has 1 spiro atoms. The first kappa shape index (κ1) is 26.4. The lowest BCUT2D eigenvalue weighted by Crippen LogP contribution is -2.56. The van der Waals surface area contributed by atoms with Crippen LogP contribution in [0.4, 0.5) is 11.4 Å². The minimum atomic E-state index is -1.12. The minimum absolute atomic E-state index is 0.190. The smallest absolute Gasteiger partial charge is 0.250 e. The molecule has 5 rings (SSSR count). The third-order valence-corrected chi connectivity index (χ3v) is 8.33. The lowest BCUT2D eigenvalue weighted by molar-refractivity contribution is -0.143. The first-order valence-electron chi connectivity index (χ1n) is 13.5. The molecule has 8 nitrogen and oxygen atoms in total. The largest absolute Gasteiger partial charge is 0.394 e. The molecule has 3 amide bonds. The number of carbonyl (C=O) groups is 3. The number of rotatable bonds is 8. The van der Waals surface area contributed by atoms with Crippen LogP contribution >= 0.6 is 0 Å². The highest BCUT2D eigenvalue weighted by Gasteiger charge is 2.75. The third kappa shape index (κ3) is 4.39. The average molecular weight is 520 g/mol. The van der Waals surface area contributed by atoms with Crippen LogP contribution < -0.4 is 10.6 Å². The average Bonchev–Trinajstić information content (AvgIpc) is 3.52. The Hall–Kier alpha value is -3.23. The molecule has 2 aromatic carbocycles. The van der Waals surface area contributed by atoms with Gasteiger partial charge in [0.25, 0.3) is 0 Å². The fourth-order valence-electron chi connectivity index (χ4n) is 6.72. The molecule has 6 atom stereocenters. The number of hydrogen-bond acceptors (Lipinski definition) is 5. The number of amides is 3. The molecule has 2 unspecified atom stereocenters. The molecule has 3 fully saturated rings. The Labute approximate surface area is 223 Å². The van der Waals surface area contributed by atoms with E-state index >= 15 is 0 Å². The Morgan fingerprint density at radius 2 is 1.84 bits per heavy atom. The standard InChI is InChI=1S/C30H37N3O5/c1-17(2)14-21(16-34)33-26(28(36)32-22-15-18(3)10-11-19(22)4)30-13-12-23(38-30)24(25(30)29(33)37)27(35)31-20-8-6-5-7-9-20/h5-11,15,17,21,23-26,34H,12-14,16H2,1-4H3,(H,31,35)(H,32,36)/t21-,23+,24-,25+,26?,30?/m1/s1. The number of carbonyl (C=O) groups excluding carboxylic acids is 3. The van der Waals surface area contributed by atoms with Gasteiger partial charge in [-0.1, -0.05) is 44.2 Å². The molecule has 202 valence electrons. The van der Waals surface area contributed by atoms with Crippen LogP contribution in [0.25, 0.3) is 0 Å². The minimum Gasteiger partial charge on any atom is -0.394 e. The van der Waals surface area contributed by atoms with Gasteiger partial charge in [-0.15, -0.1) is 0 Å². The number of para-hydroxylation sites is 1. The summed E-state index contributed by atoms with van der Waals surface area (Å²) in [5.74, 6) is -2.23. The number of nitrogens with zero attached hydrogens (tertiary/aromatic N) is 1. The van der Waals surface area contributed by atoms with Crippen LogP contribution in [0.15, 0.2) is 48.5 Å². The van der Waals surface area contributed by atoms with Crippen LogP contribution in [-0.2, 0) is 19.1 Å². The fourth-order valence-corrected chi connectivity index (χ4v) is 6.72. The van der Waals surface area contributed by atoms with E-state index in [4.69, 9.17) is 4.74 Å². The summed E-state index contributed by atoms with van der Waals surface area (Å²) >= 11 is 0. The second-order valence-electron chi connectivity index (χ2n) is 11.4. The molecule has 3 saturated heterocycles. The number of anilines is 2. The first-order chi connectivity index (χ1) is 18.2. The van der Waals surface area contributed by atoms with E-state index in [2.05, 4.69) is 10.6 Å². The predicted octanol–water partition coefficient (Wildman–Crippen LogP) is 3.66. The highest BCUT2D eigenvalue weighted by Crippen LogP contribution is 2.59. The van der Waals surface area contributed by atoms with Gasteiger partial charge in [-0.25, -0.2) is 0 Å². The molecule has 0 aliphatic carbocycles. The molecule has 3 heterocycles. The number of benzene rings is 2. The monoisotopic (exact) mass is 519 g/mol. The zero-order valence-electron chi connectivity index (χ0n) is 22.4. The number of likely N-dealkylation sites (tertiary alicyclic amines) is 1. The number of hydrogen-bond donors (Lipinski definition) is 3. The molecular weight excluding hydrogens is 482 g/mol. The molecule has 0 saturated carbocycles. The molecule has 3 aliphatic rings. The van der Waals surface area contributed by atoms with Crippen molar-refractivity contribution in [1.82, 2.24) is 4.90 Å². The van der Waals surface area contributed by atoms with Crippen molar-refractivity contribution < 1.29 is 24.2 Å². The second-order valence-corrected chi connectivity index (χ2v) is 11.4. The van der Waals surface area contributed by atoms with Gasteiger partial charge in [0.15, 0.2) is 0 Å². The highest BCUT2D eigenvalue weighted by atomic mass is 16.5. The molecule has 3 aliphatic heterocycles. The number of nitrogens with one attached hydrogen (secondary N) is 2. The fraction of sp³-hybridized carbons (Fsp3) is 0.500. The van der Waals surface area contributed by atoms with E-state index in [1.165, 1.54) is 4.90 Å². The van der Waals surface area contributed by atoms with Crippen molar-refractivity contribution in [2.75, 3.05) is 17.2 Å². The van der Waals surface area contributed by atoms with Crippen molar-refractivity contribution in [1.29, 1.82) is 0 Å². The SMILES string of the molecule is Cc1ccc(C)c(NC(=O)C2N([C@@H](CO)CC(C)C)C(=O)[C@@H]3[C@H](C(=O)Nc4ccccc4)[C@@H]4CCC23O4)c1. The molecule has 2 bridgehead atoms. The first-order valence-corrected chi connectivity index (χ1v) is 13.5. The summed E-state index contributed by atoms with van der Waals surface area (Å²) in [5, 5.41) is 16.4. The van der Waals surface area contributed by atoms with Crippen molar-refractivity contribution in [2.45, 2.75) is 70.7 Å². The Bertz CT molecular complexity index is 1230. The number of aliphatic hydroxyl groups excluding tert-OH is 1. The van der Waals surface area contributed by atoms with Crippen LogP contribution in [0.1, 0.15) is 44.2 Å². The summed E-state index contributed by atoms with van der Waals surface area (Å²) in [4.78, 5) is 43.3. The molecule has 38 heavy (non-hydrogen) atoms. The highest BCUT2D eigenvalue weighted by molar-refractivity contribution is 6.05. The summed E-state index contributed by atoms with van der Waals surface area (Å²) in [5.41, 5.74) is 2.12. The number of fused-ring (bicyclic) bond motifs is 1. The molecule has 0 radical (unpaired) electrons. The van der Waals surface area contributed by atoms with Crippen LogP contribution in [0.5, 0.6) is 0 Å². The topological polar surface area (TPSA) is 108 Å². The quantitative estimate of drug-likeness (QED) is 0.493. The Morgan fingerprint density at radius 1 is 1.11 bits per heavy atom. The van der Waals surface area contributed by atoms with Gasteiger partial charge >= 0.3 is 0 Å². The van der Waals surface area contributed by atoms with Crippen molar-refractivity contribution in [2.24, 2.45) is 17.8 Å². The number of aliphatic hydroxyl groups is 1. The van der Waals surface area contributed by atoms with E-state index < -0.39 is 35.6 Å². The molecule has 8 heteroatoms. The summed E-state index contributed by atoms with van der Waals surface area (Å²) < 4.78 is 6.52. The summed E-state index contributed by atoms with van der Waals surface area (Å²) in [7, 11) is 0. The van der Waals surface area contributed by atoms with Gasteiger partial charge in [0, 0.05) is 11.4 Å². The zero-order chi connectivity index (χ0) is 27.2. The van der Waals surface area contributed by atoms with Crippen LogP contribution in [-0.4, -0.2) is 58.1 Å². The Morgan fingerprint density at radius 3 is 2.53 bits per heavy atom. The maximum atomic E-state index is 14.2. The van der Waals surface area contributed by atoms with E-state index in [0.717, 1.165) is 11.1 Å². The zero-order valence-corrected chi connectivity index (χ0v) is 22.4. The van der Waals surface area contributed by atoms with E-state index in [9.17, 15) is 19.5 Å².